The van der Waals surface area contributed by atoms with Gasteiger partial charge in [0.25, 0.3) is 0 Å². The Kier molecular flexibility index (Phi) is 5.58. The molecule has 4 nitrogen and oxygen atoms in total. The molecular formula is C22H27N4+. The number of hydrogen-bond acceptors (Lipinski definition) is 2. The molecule has 4 heteroatoms. The van der Waals surface area contributed by atoms with E-state index in [4.69, 9.17) is 0 Å². The molecule has 0 radical (unpaired) electrons. The molecule has 0 amide bonds. The Hall–Kier alpha value is -2.80. The van der Waals surface area contributed by atoms with Gasteiger partial charge in [-0.3, -0.25) is 4.98 Å². The molecule has 3 rings (SSSR count). The van der Waals surface area contributed by atoms with Gasteiger partial charge in [-0.05, 0) is 37.5 Å². The number of rotatable bonds is 8. The normalized spacial score (nSPS) is 11.0. The van der Waals surface area contributed by atoms with Crippen LogP contribution in [0.2, 0.25) is 0 Å². The maximum Gasteiger partial charge on any atom is 0.250 e. The number of nitriles is 1. The second-order valence-electron chi connectivity index (χ2n) is 6.75. The fourth-order valence-corrected chi connectivity index (χ4v) is 3.60. The second-order valence-corrected chi connectivity index (χ2v) is 6.75. The topological polar surface area (TPSA) is 55.7 Å². The van der Waals surface area contributed by atoms with Crippen LogP contribution < -0.4 is 9.72 Å². The third kappa shape index (κ3) is 3.17. The highest BCUT2D eigenvalue weighted by Crippen LogP contribution is 2.26. The third-order valence-electron chi connectivity index (χ3n) is 4.98. The Morgan fingerprint density at radius 3 is 2.81 bits per heavy atom. The zero-order valence-electron chi connectivity index (χ0n) is 15.7. The number of hydrogen-bond donors (Lipinski definition) is 2. The van der Waals surface area contributed by atoms with Crippen LogP contribution in [0.4, 0.5) is 5.82 Å². The SMILES string of the molecule is C=CCc1c(C)c(C#N)c2[nH]c3ccccc3[n+]2c1NCCCCCC. The molecule has 0 aliphatic carbocycles. The molecule has 0 saturated carbocycles. The summed E-state index contributed by atoms with van der Waals surface area (Å²) >= 11 is 0. The Morgan fingerprint density at radius 1 is 1.27 bits per heavy atom. The highest BCUT2D eigenvalue weighted by molar-refractivity contribution is 5.78. The fraction of sp³-hybridized carbons (Fsp3) is 0.364. The van der Waals surface area contributed by atoms with Gasteiger partial charge in [0.1, 0.15) is 22.7 Å². The monoisotopic (exact) mass is 347 g/mol. The van der Waals surface area contributed by atoms with Crippen LogP contribution in [0, 0.1) is 18.3 Å². The molecule has 0 fully saturated rings. The molecule has 2 aromatic heterocycles. The van der Waals surface area contributed by atoms with Gasteiger partial charge in [-0.25, -0.2) is 0 Å². The first-order valence-corrected chi connectivity index (χ1v) is 9.45. The highest BCUT2D eigenvalue weighted by Gasteiger charge is 2.24. The van der Waals surface area contributed by atoms with E-state index in [0.717, 1.165) is 53.0 Å². The summed E-state index contributed by atoms with van der Waals surface area (Å²) in [6, 6.07) is 10.6. The van der Waals surface area contributed by atoms with Crippen molar-refractivity contribution >= 4 is 22.5 Å². The number of aromatic nitrogens is 2. The Balaban J connectivity index is 2.19. The number of imidazole rings is 1. The molecule has 2 heterocycles. The van der Waals surface area contributed by atoms with E-state index < -0.39 is 0 Å². The van der Waals surface area contributed by atoms with Gasteiger partial charge in [-0.2, -0.15) is 9.66 Å². The zero-order chi connectivity index (χ0) is 18.5. The minimum Gasteiger partial charge on any atom is -0.305 e. The van der Waals surface area contributed by atoms with Crippen molar-refractivity contribution in [2.45, 2.75) is 46.0 Å². The number of para-hydroxylation sites is 2. The van der Waals surface area contributed by atoms with Gasteiger partial charge in [0.05, 0.1) is 6.54 Å². The summed E-state index contributed by atoms with van der Waals surface area (Å²) in [6.07, 6.45) is 7.53. The van der Waals surface area contributed by atoms with Crippen LogP contribution in [0.15, 0.2) is 36.9 Å². The number of anilines is 1. The minimum atomic E-state index is 0.703. The van der Waals surface area contributed by atoms with Crippen molar-refractivity contribution in [1.29, 1.82) is 5.26 Å². The molecule has 3 aromatic rings. The second kappa shape index (κ2) is 8.05. The van der Waals surface area contributed by atoms with Crippen LogP contribution in [0.5, 0.6) is 0 Å². The number of allylic oxidation sites excluding steroid dienone is 1. The van der Waals surface area contributed by atoms with E-state index in [-0.39, 0.29) is 0 Å². The van der Waals surface area contributed by atoms with Crippen molar-refractivity contribution in [2.24, 2.45) is 0 Å². The smallest absolute Gasteiger partial charge is 0.250 e. The lowest BCUT2D eigenvalue weighted by molar-refractivity contribution is -0.465. The minimum absolute atomic E-state index is 0.703. The predicted molar refractivity (Wildman–Crippen MR) is 107 cm³/mol. The molecule has 0 saturated heterocycles. The number of H-pyrrole nitrogens is 1. The van der Waals surface area contributed by atoms with E-state index in [2.05, 4.69) is 46.4 Å². The van der Waals surface area contributed by atoms with E-state index in [0.29, 0.717) is 5.56 Å². The fourth-order valence-electron chi connectivity index (χ4n) is 3.60. The lowest BCUT2D eigenvalue weighted by atomic mass is 10.0. The lowest BCUT2D eigenvalue weighted by Crippen LogP contribution is -2.30. The number of benzene rings is 1. The van der Waals surface area contributed by atoms with Crippen LogP contribution in [0.3, 0.4) is 0 Å². The average molecular weight is 347 g/mol. The number of unbranched alkanes of at least 4 members (excludes halogenated alkanes) is 3. The van der Waals surface area contributed by atoms with Gasteiger partial charge in [-0.15, -0.1) is 6.58 Å². The van der Waals surface area contributed by atoms with Crippen molar-refractivity contribution in [3.63, 3.8) is 0 Å². The quantitative estimate of drug-likeness (QED) is 0.349. The molecular weight excluding hydrogens is 320 g/mol. The molecule has 0 atom stereocenters. The lowest BCUT2D eigenvalue weighted by Gasteiger charge is -2.13. The van der Waals surface area contributed by atoms with Gasteiger partial charge in [0, 0.05) is 5.56 Å². The first-order valence-electron chi connectivity index (χ1n) is 9.45. The predicted octanol–water partition coefficient (Wildman–Crippen LogP) is 4.81. The number of nitrogens with zero attached hydrogens (tertiary/aromatic N) is 2. The number of nitrogens with one attached hydrogen (secondary N) is 2. The van der Waals surface area contributed by atoms with Gasteiger partial charge in [0.15, 0.2) is 0 Å². The number of fused-ring (bicyclic) bond motifs is 3. The van der Waals surface area contributed by atoms with E-state index in [9.17, 15) is 5.26 Å². The van der Waals surface area contributed by atoms with Crippen LogP contribution in [-0.2, 0) is 6.42 Å². The summed E-state index contributed by atoms with van der Waals surface area (Å²) in [5.41, 5.74) is 5.85. The molecule has 0 unspecified atom stereocenters. The van der Waals surface area contributed by atoms with E-state index in [1.165, 1.54) is 19.3 Å². The van der Waals surface area contributed by atoms with Gasteiger partial charge in [-0.1, -0.05) is 44.4 Å². The molecule has 1 aromatic carbocycles. The molecule has 26 heavy (non-hydrogen) atoms. The van der Waals surface area contributed by atoms with Crippen LogP contribution in [-0.4, -0.2) is 11.5 Å². The maximum absolute atomic E-state index is 9.77. The number of pyridine rings is 1. The summed E-state index contributed by atoms with van der Waals surface area (Å²) in [6.45, 7) is 9.10. The van der Waals surface area contributed by atoms with Crippen molar-refractivity contribution in [3.05, 3.63) is 53.6 Å². The van der Waals surface area contributed by atoms with Crippen molar-refractivity contribution in [3.8, 4) is 6.07 Å². The van der Waals surface area contributed by atoms with Crippen LogP contribution in [0.1, 0.15) is 49.3 Å². The third-order valence-corrected chi connectivity index (χ3v) is 4.98. The Morgan fingerprint density at radius 2 is 2.08 bits per heavy atom. The first-order chi connectivity index (χ1) is 12.7. The van der Waals surface area contributed by atoms with Crippen LogP contribution in [0.25, 0.3) is 16.7 Å². The molecule has 0 bridgehead atoms. The molecule has 134 valence electrons. The van der Waals surface area contributed by atoms with Gasteiger partial charge < -0.3 is 5.32 Å². The van der Waals surface area contributed by atoms with Gasteiger partial charge >= 0.3 is 0 Å². The van der Waals surface area contributed by atoms with Crippen molar-refractivity contribution < 1.29 is 4.40 Å². The van der Waals surface area contributed by atoms with Gasteiger partial charge in [0.2, 0.25) is 11.5 Å². The summed E-state index contributed by atoms with van der Waals surface area (Å²) in [4.78, 5) is 3.43. The number of aromatic amines is 1. The first kappa shape index (κ1) is 18.0. The van der Waals surface area contributed by atoms with Crippen LogP contribution >= 0.6 is 0 Å². The summed E-state index contributed by atoms with van der Waals surface area (Å²) in [7, 11) is 0. The van der Waals surface area contributed by atoms with E-state index in [1.807, 2.05) is 25.1 Å². The molecule has 2 N–H and O–H groups in total. The van der Waals surface area contributed by atoms with Crippen molar-refractivity contribution in [2.75, 3.05) is 11.9 Å². The average Bonchev–Trinajstić information content (AvgIpc) is 3.03. The Bertz CT molecular complexity index is 975. The summed E-state index contributed by atoms with van der Waals surface area (Å²) in [5.74, 6) is 1.07. The standard InChI is InChI=1S/C22H26N4/c1-4-6-7-10-14-24-21-17(11-5-2)16(3)18(15-23)22-25-19-12-8-9-13-20(19)26(21)22/h5,8-9,12-13H,2,4,6-7,10-11,14H2,1,3H3,(H,24,25)/p+1. The summed E-state index contributed by atoms with van der Waals surface area (Å²) < 4.78 is 2.17. The molecule has 0 spiro atoms. The largest absolute Gasteiger partial charge is 0.305 e. The molecule has 0 aliphatic heterocycles. The zero-order valence-corrected chi connectivity index (χ0v) is 15.7. The van der Waals surface area contributed by atoms with E-state index >= 15 is 0 Å². The molecule has 0 aliphatic rings. The van der Waals surface area contributed by atoms with Crippen molar-refractivity contribution in [1.82, 2.24) is 4.98 Å². The Labute approximate surface area is 155 Å². The van der Waals surface area contributed by atoms with E-state index in [1.54, 1.807) is 0 Å². The summed E-state index contributed by atoms with van der Waals surface area (Å²) in [5, 5.41) is 13.4. The maximum atomic E-state index is 9.77. The highest BCUT2D eigenvalue weighted by atomic mass is 15.1.